The van der Waals surface area contributed by atoms with Crippen molar-refractivity contribution in [1.82, 2.24) is 0 Å². The maximum atomic E-state index is 9.91. The van der Waals surface area contributed by atoms with Crippen LogP contribution in [-0.2, 0) is 6.42 Å². The quantitative estimate of drug-likeness (QED) is 0.728. The number of phenolic OH excluding ortho intramolecular Hbond substituents is 2. The number of rotatable bonds is 3. The molecule has 1 aliphatic rings. The van der Waals surface area contributed by atoms with Crippen LogP contribution >= 0.6 is 0 Å². The van der Waals surface area contributed by atoms with Crippen molar-refractivity contribution in [2.45, 2.75) is 18.4 Å². The third kappa shape index (κ3) is 2.94. The van der Waals surface area contributed by atoms with Crippen LogP contribution in [0, 0.1) is 0 Å². The van der Waals surface area contributed by atoms with E-state index in [2.05, 4.69) is 6.07 Å². The van der Waals surface area contributed by atoms with Gasteiger partial charge in [0.25, 0.3) is 0 Å². The minimum absolute atomic E-state index is 0.0831. The summed E-state index contributed by atoms with van der Waals surface area (Å²) in [5.41, 5.74) is 3.19. The second-order valence-corrected chi connectivity index (χ2v) is 6.48. The molecule has 0 saturated carbocycles. The van der Waals surface area contributed by atoms with E-state index >= 15 is 0 Å². The van der Waals surface area contributed by atoms with Gasteiger partial charge in [-0.2, -0.15) is 0 Å². The number of para-hydroxylation sites is 1. The predicted molar refractivity (Wildman–Crippen MR) is 99.0 cm³/mol. The molecule has 26 heavy (non-hydrogen) atoms. The smallest absolute Gasteiger partial charge is 0.160 e. The summed E-state index contributed by atoms with van der Waals surface area (Å²) < 4.78 is 11.6. The molecule has 1 heterocycles. The molecule has 3 aromatic carbocycles. The number of benzene rings is 3. The van der Waals surface area contributed by atoms with Crippen LogP contribution in [0.1, 0.15) is 28.7 Å². The van der Waals surface area contributed by atoms with Crippen molar-refractivity contribution in [2.75, 3.05) is 7.11 Å². The van der Waals surface area contributed by atoms with Crippen LogP contribution in [0.15, 0.2) is 66.7 Å². The summed E-state index contributed by atoms with van der Waals surface area (Å²) in [6.07, 6.45) is 0.610. The van der Waals surface area contributed by atoms with Gasteiger partial charge < -0.3 is 19.7 Å². The van der Waals surface area contributed by atoms with E-state index in [4.69, 9.17) is 9.47 Å². The zero-order valence-corrected chi connectivity index (χ0v) is 14.4. The van der Waals surface area contributed by atoms with Gasteiger partial charge in [0.05, 0.1) is 7.11 Å². The number of fused-ring (bicyclic) bond motifs is 1. The first-order valence-electron chi connectivity index (χ1n) is 8.56. The predicted octanol–water partition coefficient (Wildman–Crippen LogP) is 4.57. The van der Waals surface area contributed by atoms with E-state index in [9.17, 15) is 10.2 Å². The molecule has 2 atom stereocenters. The molecule has 4 heteroatoms. The molecular formula is C22H20O4. The Morgan fingerprint density at radius 3 is 2.42 bits per heavy atom. The minimum Gasteiger partial charge on any atom is -0.508 e. The molecule has 0 spiro atoms. The van der Waals surface area contributed by atoms with E-state index in [0.717, 1.165) is 28.9 Å². The van der Waals surface area contributed by atoms with E-state index in [0.29, 0.717) is 5.75 Å². The van der Waals surface area contributed by atoms with Crippen LogP contribution in [0.3, 0.4) is 0 Å². The maximum Gasteiger partial charge on any atom is 0.160 e. The number of aromatic hydroxyl groups is 2. The Kier molecular flexibility index (Phi) is 4.17. The van der Waals surface area contributed by atoms with Gasteiger partial charge >= 0.3 is 0 Å². The van der Waals surface area contributed by atoms with E-state index < -0.39 is 0 Å². The molecule has 0 amide bonds. The summed E-state index contributed by atoms with van der Waals surface area (Å²) in [5, 5.41) is 19.5. The van der Waals surface area contributed by atoms with Gasteiger partial charge in [0, 0.05) is 5.92 Å². The van der Waals surface area contributed by atoms with Crippen molar-refractivity contribution in [3.05, 3.63) is 83.4 Å². The molecule has 2 unspecified atom stereocenters. The van der Waals surface area contributed by atoms with E-state index in [1.54, 1.807) is 18.2 Å². The summed E-state index contributed by atoms with van der Waals surface area (Å²) in [7, 11) is 1.54. The zero-order chi connectivity index (χ0) is 18.1. The monoisotopic (exact) mass is 348 g/mol. The summed E-state index contributed by atoms with van der Waals surface area (Å²) in [4.78, 5) is 0. The SMILES string of the molecule is COc1cc(C2Oc3ccccc3CC2c2ccc(O)cc2)ccc1O. The molecule has 3 aromatic rings. The molecule has 132 valence electrons. The molecule has 0 saturated heterocycles. The third-order valence-electron chi connectivity index (χ3n) is 4.89. The number of ether oxygens (including phenoxy) is 2. The molecular weight excluding hydrogens is 328 g/mol. The molecule has 2 N–H and O–H groups in total. The maximum absolute atomic E-state index is 9.91. The van der Waals surface area contributed by atoms with Gasteiger partial charge in [-0.25, -0.2) is 0 Å². The fourth-order valence-electron chi connectivity index (χ4n) is 3.54. The summed E-state index contributed by atoms with van der Waals surface area (Å²) in [6, 6.07) is 20.6. The first-order valence-corrected chi connectivity index (χ1v) is 8.56. The zero-order valence-electron chi connectivity index (χ0n) is 14.4. The minimum atomic E-state index is -0.219. The Bertz CT molecular complexity index is 918. The standard InChI is InChI=1S/C22H20O4/c1-25-21-13-16(8-11-19(21)24)22-18(14-6-9-17(23)10-7-14)12-15-4-2-3-5-20(15)26-22/h2-11,13,18,22-24H,12H2,1H3. The fourth-order valence-corrected chi connectivity index (χ4v) is 3.54. The number of hydrogen-bond acceptors (Lipinski definition) is 4. The van der Waals surface area contributed by atoms with E-state index in [1.807, 2.05) is 42.5 Å². The van der Waals surface area contributed by atoms with E-state index in [1.165, 1.54) is 7.11 Å². The van der Waals surface area contributed by atoms with Gasteiger partial charge in [0.2, 0.25) is 0 Å². The lowest BCUT2D eigenvalue weighted by Crippen LogP contribution is -2.24. The lowest BCUT2D eigenvalue weighted by Gasteiger charge is -2.34. The van der Waals surface area contributed by atoms with Crippen molar-refractivity contribution in [1.29, 1.82) is 0 Å². The Hall–Kier alpha value is -3.14. The van der Waals surface area contributed by atoms with Crippen LogP contribution < -0.4 is 9.47 Å². The Morgan fingerprint density at radius 2 is 1.65 bits per heavy atom. The summed E-state index contributed by atoms with van der Waals surface area (Å²) >= 11 is 0. The number of hydrogen-bond donors (Lipinski definition) is 2. The second-order valence-electron chi connectivity index (χ2n) is 6.48. The van der Waals surface area contributed by atoms with Gasteiger partial charge in [-0.3, -0.25) is 0 Å². The second kappa shape index (κ2) is 6.64. The van der Waals surface area contributed by atoms with Crippen molar-refractivity contribution in [3.8, 4) is 23.0 Å². The molecule has 4 nitrogen and oxygen atoms in total. The van der Waals surface area contributed by atoms with Gasteiger partial charge in [0.15, 0.2) is 11.5 Å². The Morgan fingerprint density at radius 1 is 0.923 bits per heavy atom. The third-order valence-corrected chi connectivity index (χ3v) is 4.89. The average molecular weight is 348 g/mol. The first-order chi connectivity index (χ1) is 12.7. The Balaban J connectivity index is 1.79. The molecule has 1 aliphatic heterocycles. The van der Waals surface area contributed by atoms with Crippen molar-refractivity contribution in [2.24, 2.45) is 0 Å². The molecule has 0 aromatic heterocycles. The molecule has 0 radical (unpaired) electrons. The Labute approximate surface area is 152 Å². The topological polar surface area (TPSA) is 58.9 Å². The highest BCUT2D eigenvalue weighted by Crippen LogP contribution is 2.45. The van der Waals surface area contributed by atoms with E-state index in [-0.39, 0.29) is 23.5 Å². The summed E-state index contributed by atoms with van der Waals surface area (Å²) in [5.74, 6) is 1.73. The fraction of sp³-hybridized carbons (Fsp3) is 0.182. The normalized spacial score (nSPS) is 18.7. The van der Waals surface area contributed by atoms with Crippen LogP contribution in [0.5, 0.6) is 23.0 Å². The van der Waals surface area contributed by atoms with Gasteiger partial charge in [0.1, 0.15) is 17.6 Å². The molecule has 0 fully saturated rings. The van der Waals surface area contributed by atoms with Crippen molar-refractivity contribution < 1.29 is 19.7 Å². The number of phenols is 2. The average Bonchev–Trinajstić information content (AvgIpc) is 2.68. The highest BCUT2D eigenvalue weighted by molar-refractivity contribution is 5.46. The lowest BCUT2D eigenvalue weighted by atomic mass is 9.82. The number of methoxy groups -OCH3 is 1. The van der Waals surface area contributed by atoms with Crippen LogP contribution in [-0.4, -0.2) is 17.3 Å². The molecule has 4 rings (SSSR count). The van der Waals surface area contributed by atoms with Crippen LogP contribution in [0.25, 0.3) is 0 Å². The van der Waals surface area contributed by atoms with Gasteiger partial charge in [-0.05, 0) is 53.4 Å². The van der Waals surface area contributed by atoms with Gasteiger partial charge in [-0.15, -0.1) is 0 Å². The molecule has 0 bridgehead atoms. The first kappa shape index (κ1) is 16.3. The summed E-state index contributed by atoms with van der Waals surface area (Å²) in [6.45, 7) is 0. The largest absolute Gasteiger partial charge is 0.508 e. The van der Waals surface area contributed by atoms with Crippen molar-refractivity contribution in [3.63, 3.8) is 0 Å². The van der Waals surface area contributed by atoms with Crippen LogP contribution in [0.2, 0.25) is 0 Å². The van der Waals surface area contributed by atoms with Crippen LogP contribution in [0.4, 0.5) is 0 Å². The molecule has 0 aliphatic carbocycles. The highest BCUT2D eigenvalue weighted by Gasteiger charge is 2.33. The lowest BCUT2D eigenvalue weighted by molar-refractivity contribution is 0.151. The van der Waals surface area contributed by atoms with Crippen molar-refractivity contribution >= 4 is 0 Å². The highest BCUT2D eigenvalue weighted by atomic mass is 16.5. The van der Waals surface area contributed by atoms with Gasteiger partial charge in [-0.1, -0.05) is 36.4 Å².